The Bertz CT molecular complexity index is 740. The van der Waals surface area contributed by atoms with E-state index in [9.17, 15) is 5.11 Å². The van der Waals surface area contributed by atoms with Gasteiger partial charge in [0.25, 0.3) is 0 Å². The van der Waals surface area contributed by atoms with E-state index in [4.69, 9.17) is 0 Å². The quantitative estimate of drug-likeness (QED) is 0.497. The van der Waals surface area contributed by atoms with E-state index in [2.05, 4.69) is 37.6 Å². The first-order valence-electron chi connectivity index (χ1n) is 10.6. The zero-order chi connectivity index (χ0) is 20.3. The Morgan fingerprint density at radius 1 is 1.07 bits per heavy atom. The Morgan fingerprint density at radius 2 is 1.83 bits per heavy atom. The van der Waals surface area contributed by atoms with E-state index in [0.717, 1.165) is 36.0 Å². The van der Waals surface area contributed by atoms with Crippen molar-refractivity contribution in [2.45, 2.75) is 38.1 Å². The standard InChI is InChI=1S/C23H33N5O/c1-24-23(27-17-21(18-29)20-9-5-4-6-10-20)26-16-19-11-12-22(25-15-19)28-13-7-2-3-8-14-28/h4-6,9-12,15,21,29H,2-3,7-8,13-14,16-18H2,1H3,(H2,24,26,27). The van der Waals surface area contributed by atoms with Crippen LogP contribution in [0.4, 0.5) is 5.82 Å². The molecule has 1 aliphatic heterocycles. The van der Waals surface area contributed by atoms with Gasteiger partial charge in [0.2, 0.25) is 0 Å². The Kier molecular flexibility index (Phi) is 8.31. The molecular weight excluding hydrogens is 362 g/mol. The van der Waals surface area contributed by atoms with Crippen molar-refractivity contribution in [3.8, 4) is 0 Å². The highest BCUT2D eigenvalue weighted by Crippen LogP contribution is 2.17. The first-order chi connectivity index (χ1) is 14.3. The molecular formula is C23H33N5O. The molecule has 0 spiro atoms. The Balaban J connectivity index is 1.48. The largest absolute Gasteiger partial charge is 0.396 e. The number of aromatic nitrogens is 1. The van der Waals surface area contributed by atoms with Crippen LogP contribution >= 0.6 is 0 Å². The number of hydrogen-bond donors (Lipinski definition) is 3. The maximum Gasteiger partial charge on any atom is 0.191 e. The van der Waals surface area contributed by atoms with Gasteiger partial charge in [-0.05, 0) is 30.0 Å². The lowest BCUT2D eigenvalue weighted by molar-refractivity contribution is 0.265. The van der Waals surface area contributed by atoms with E-state index in [1.807, 2.05) is 36.5 Å². The van der Waals surface area contributed by atoms with Crippen LogP contribution in [-0.2, 0) is 6.54 Å². The van der Waals surface area contributed by atoms with Crippen LogP contribution in [0.25, 0.3) is 0 Å². The van der Waals surface area contributed by atoms with Crippen molar-refractivity contribution in [2.24, 2.45) is 4.99 Å². The van der Waals surface area contributed by atoms with E-state index >= 15 is 0 Å². The van der Waals surface area contributed by atoms with Gasteiger partial charge in [-0.3, -0.25) is 4.99 Å². The third-order valence-corrected chi connectivity index (χ3v) is 5.43. The number of hydrogen-bond acceptors (Lipinski definition) is 4. The molecule has 0 saturated carbocycles. The van der Waals surface area contributed by atoms with Crippen molar-refractivity contribution in [1.82, 2.24) is 15.6 Å². The average Bonchev–Trinajstić information content (AvgIpc) is 3.07. The summed E-state index contributed by atoms with van der Waals surface area (Å²) in [6, 6.07) is 14.3. The fraction of sp³-hybridized carbons (Fsp3) is 0.478. The van der Waals surface area contributed by atoms with E-state index in [0.29, 0.717) is 13.1 Å². The number of nitrogens with zero attached hydrogens (tertiary/aromatic N) is 3. The minimum absolute atomic E-state index is 0.0318. The van der Waals surface area contributed by atoms with Crippen LogP contribution in [0.5, 0.6) is 0 Å². The maximum absolute atomic E-state index is 9.71. The van der Waals surface area contributed by atoms with Gasteiger partial charge < -0.3 is 20.6 Å². The van der Waals surface area contributed by atoms with E-state index in [1.54, 1.807) is 7.05 Å². The molecule has 1 saturated heterocycles. The molecule has 3 rings (SSSR count). The summed E-state index contributed by atoms with van der Waals surface area (Å²) in [6.45, 7) is 3.58. The highest BCUT2D eigenvalue weighted by Gasteiger charge is 2.12. The van der Waals surface area contributed by atoms with Crippen LogP contribution in [0.2, 0.25) is 0 Å². The molecule has 0 radical (unpaired) electrons. The molecule has 0 bridgehead atoms. The minimum atomic E-state index is 0.0318. The third kappa shape index (κ3) is 6.46. The number of aliphatic imine (C=N–C) groups is 1. The molecule has 6 nitrogen and oxygen atoms in total. The number of anilines is 1. The summed E-state index contributed by atoms with van der Waals surface area (Å²) in [7, 11) is 1.76. The number of aliphatic hydroxyl groups excluding tert-OH is 1. The molecule has 1 aromatic carbocycles. The molecule has 1 aromatic heterocycles. The Labute approximate surface area is 174 Å². The predicted molar refractivity (Wildman–Crippen MR) is 119 cm³/mol. The lowest BCUT2D eigenvalue weighted by Crippen LogP contribution is -2.39. The van der Waals surface area contributed by atoms with Crippen LogP contribution in [0.15, 0.2) is 53.7 Å². The molecule has 0 aliphatic carbocycles. The van der Waals surface area contributed by atoms with Crippen molar-refractivity contribution >= 4 is 11.8 Å². The predicted octanol–water partition coefficient (Wildman–Crippen LogP) is 2.90. The second-order valence-corrected chi connectivity index (χ2v) is 7.52. The Morgan fingerprint density at radius 3 is 2.45 bits per heavy atom. The van der Waals surface area contributed by atoms with Gasteiger partial charge >= 0.3 is 0 Å². The minimum Gasteiger partial charge on any atom is -0.396 e. The summed E-state index contributed by atoms with van der Waals surface area (Å²) in [4.78, 5) is 11.3. The molecule has 1 atom stereocenters. The van der Waals surface area contributed by atoms with Crippen LogP contribution in [0.1, 0.15) is 42.7 Å². The van der Waals surface area contributed by atoms with Crippen molar-refractivity contribution in [3.63, 3.8) is 0 Å². The number of benzene rings is 1. The molecule has 1 fully saturated rings. The topological polar surface area (TPSA) is 72.8 Å². The number of rotatable bonds is 7. The number of nitrogens with one attached hydrogen (secondary N) is 2. The molecule has 1 aliphatic rings. The fourth-order valence-corrected chi connectivity index (χ4v) is 3.65. The monoisotopic (exact) mass is 395 g/mol. The normalized spacial score (nSPS) is 16.2. The number of pyridine rings is 1. The molecule has 2 heterocycles. The summed E-state index contributed by atoms with van der Waals surface area (Å²) in [5, 5.41) is 16.4. The van der Waals surface area contributed by atoms with Crippen molar-refractivity contribution in [2.75, 3.05) is 38.2 Å². The summed E-state index contributed by atoms with van der Waals surface area (Å²) >= 11 is 0. The second-order valence-electron chi connectivity index (χ2n) is 7.52. The zero-order valence-corrected chi connectivity index (χ0v) is 17.3. The molecule has 6 heteroatoms. The number of aliphatic hydroxyl groups is 1. The van der Waals surface area contributed by atoms with Crippen molar-refractivity contribution in [3.05, 3.63) is 59.8 Å². The molecule has 0 amide bonds. The lowest BCUT2D eigenvalue weighted by atomic mass is 10.0. The molecule has 156 valence electrons. The van der Waals surface area contributed by atoms with Gasteiger partial charge in [0.05, 0.1) is 6.61 Å². The fourth-order valence-electron chi connectivity index (χ4n) is 3.65. The first kappa shape index (κ1) is 21.1. The van der Waals surface area contributed by atoms with Crippen molar-refractivity contribution in [1.29, 1.82) is 0 Å². The maximum atomic E-state index is 9.71. The third-order valence-electron chi connectivity index (χ3n) is 5.43. The first-order valence-corrected chi connectivity index (χ1v) is 10.6. The lowest BCUT2D eigenvalue weighted by Gasteiger charge is -2.21. The SMILES string of the molecule is CN=C(NCc1ccc(N2CCCCCC2)nc1)NCC(CO)c1ccccc1. The van der Waals surface area contributed by atoms with Gasteiger partial charge in [0, 0.05) is 45.3 Å². The van der Waals surface area contributed by atoms with Gasteiger partial charge in [-0.1, -0.05) is 49.2 Å². The summed E-state index contributed by atoms with van der Waals surface area (Å²) < 4.78 is 0. The molecule has 3 N–H and O–H groups in total. The van der Waals surface area contributed by atoms with Gasteiger partial charge in [-0.15, -0.1) is 0 Å². The van der Waals surface area contributed by atoms with Gasteiger partial charge in [-0.25, -0.2) is 4.98 Å². The van der Waals surface area contributed by atoms with E-state index < -0.39 is 0 Å². The van der Waals surface area contributed by atoms with Crippen molar-refractivity contribution < 1.29 is 5.11 Å². The van der Waals surface area contributed by atoms with E-state index in [1.165, 1.54) is 25.7 Å². The second kappa shape index (κ2) is 11.4. The summed E-state index contributed by atoms with van der Waals surface area (Å²) in [5.41, 5.74) is 2.24. The Hall–Kier alpha value is -2.60. The molecule has 29 heavy (non-hydrogen) atoms. The smallest absolute Gasteiger partial charge is 0.191 e. The van der Waals surface area contributed by atoms with Crippen LogP contribution in [0.3, 0.4) is 0 Å². The van der Waals surface area contributed by atoms with Gasteiger partial charge in [-0.2, -0.15) is 0 Å². The molecule has 1 unspecified atom stereocenters. The van der Waals surface area contributed by atoms with Crippen LogP contribution in [-0.4, -0.2) is 49.3 Å². The van der Waals surface area contributed by atoms with Crippen LogP contribution < -0.4 is 15.5 Å². The van der Waals surface area contributed by atoms with Gasteiger partial charge in [0.15, 0.2) is 5.96 Å². The highest BCUT2D eigenvalue weighted by atomic mass is 16.3. The highest BCUT2D eigenvalue weighted by molar-refractivity contribution is 5.79. The van der Waals surface area contributed by atoms with Gasteiger partial charge in [0.1, 0.15) is 5.82 Å². The zero-order valence-electron chi connectivity index (χ0n) is 17.3. The molecule has 2 aromatic rings. The summed E-state index contributed by atoms with van der Waals surface area (Å²) in [6.07, 6.45) is 7.11. The average molecular weight is 396 g/mol. The number of guanidine groups is 1. The summed E-state index contributed by atoms with van der Waals surface area (Å²) in [5.74, 6) is 1.83. The van der Waals surface area contributed by atoms with E-state index in [-0.39, 0.29) is 12.5 Å². The van der Waals surface area contributed by atoms with Crippen LogP contribution in [0, 0.1) is 0 Å².